The molecule has 0 spiro atoms. The van der Waals surface area contributed by atoms with Crippen molar-refractivity contribution in [2.45, 2.75) is 20.1 Å². The fourth-order valence-electron chi connectivity index (χ4n) is 1.59. The summed E-state index contributed by atoms with van der Waals surface area (Å²) >= 11 is 3.55. The molecule has 0 saturated heterocycles. The van der Waals surface area contributed by atoms with Crippen molar-refractivity contribution in [2.75, 3.05) is 26.1 Å². The number of anilines is 1. The summed E-state index contributed by atoms with van der Waals surface area (Å²) in [7, 11) is 3.26. The SMILES string of the molecule is COC(CNc1c(C)cc(C)cc1Br)OC. The zero-order chi connectivity index (χ0) is 12.1. The van der Waals surface area contributed by atoms with Gasteiger partial charge in [0.2, 0.25) is 0 Å². The summed E-state index contributed by atoms with van der Waals surface area (Å²) in [4.78, 5) is 0. The molecule has 1 aromatic carbocycles. The summed E-state index contributed by atoms with van der Waals surface area (Å²) in [6.45, 7) is 4.78. The van der Waals surface area contributed by atoms with Crippen LogP contribution in [0.2, 0.25) is 0 Å². The van der Waals surface area contributed by atoms with Crippen LogP contribution in [0.25, 0.3) is 0 Å². The largest absolute Gasteiger partial charge is 0.379 e. The van der Waals surface area contributed by atoms with E-state index in [1.807, 2.05) is 0 Å². The normalized spacial score (nSPS) is 10.9. The molecule has 0 aromatic heterocycles. The second-order valence-electron chi connectivity index (χ2n) is 3.72. The van der Waals surface area contributed by atoms with Crippen molar-refractivity contribution in [3.63, 3.8) is 0 Å². The molecule has 1 N–H and O–H groups in total. The number of rotatable bonds is 5. The first-order chi connectivity index (χ1) is 7.58. The molecule has 0 atom stereocenters. The number of aryl methyl sites for hydroxylation is 2. The quantitative estimate of drug-likeness (QED) is 0.845. The maximum absolute atomic E-state index is 5.12. The van der Waals surface area contributed by atoms with Crippen LogP contribution in [0.4, 0.5) is 5.69 Å². The molecule has 0 radical (unpaired) electrons. The van der Waals surface area contributed by atoms with Gasteiger partial charge in [-0.25, -0.2) is 0 Å². The zero-order valence-corrected chi connectivity index (χ0v) is 11.7. The Morgan fingerprint density at radius 3 is 2.38 bits per heavy atom. The number of benzene rings is 1. The molecular formula is C12H18BrNO2. The van der Waals surface area contributed by atoms with Crippen LogP contribution in [0, 0.1) is 13.8 Å². The molecular weight excluding hydrogens is 270 g/mol. The smallest absolute Gasteiger partial charge is 0.173 e. The van der Waals surface area contributed by atoms with Crippen molar-refractivity contribution in [3.8, 4) is 0 Å². The molecule has 0 aliphatic rings. The first kappa shape index (κ1) is 13.5. The lowest BCUT2D eigenvalue weighted by Crippen LogP contribution is -2.24. The minimum Gasteiger partial charge on any atom is -0.379 e. The summed E-state index contributed by atoms with van der Waals surface area (Å²) < 4.78 is 11.3. The molecule has 0 amide bonds. The van der Waals surface area contributed by atoms with Crippen molar-refractivity contribution < 1.29 is 9.47 Å². The summed E-state index contributed by atoms with van der Waals surface area (Å²) in [6, 6.07) is 4.23. The summed E-state index contributed by atoms with van der Waals surface area (Å²) in [5.74, 6) is 0. The van der Waals surface area contributed by atoms with Gasteiger partial charge in [0, 0.05) is 18.7 Å². The van der Waals surface area contributed by atoms with Gasteiger partial charge in [-0.2, -0.15) is 0 Å². The third-order valence-electron chi connectivity index (χ3n) is 2.40. The molecule has 0 heterocycles. The average molecular weight is 288 g/mol. The lowest BCUT2D eigenvalue weighted by Gasteiger charge is -2.17. The number of methoxy groups -OCH3 is 2. The fraction of sp³-hybridized carbons (Fsp3) is 0.500. The van der Waals surface area contributed by atoms with E-state index in [-0.39, 0.29) is 6.29 Å². The van der Waals surface area contributed by atoms with Crippen LogP contribution in [0.3, 0.4) is 0 Å². The summed E-state index contributed by atoms with van der Waals surface area (Å²) in [5.41, 5.74) is 3.53. The van der Waals surface area contributed by atoms with E-state index < -0.39 is 0 Å². The van der Waals surface area contributed by atoms with E-state index in [1.165, 1.54) is 11.1 Å². The fourth-order valence-corrected chi connectivity index (χ4v) is 2.40. The molecule has 16 heavy (non-hydrogen) atoms. The predicted octanol–water partition coefficient (Wildman–Crippen LogP) is 3.10. The Labute approximate surface area is 105 Å². The van der Waals surface area contributed by atoms with E-state index in [4.69, 9.17) is 9.47 Å². The Bertz CT molecular complexity index is 328. The minimum atomic E-state index is -0.229. The molecule has 1 aromatic rings. The van der Waals surface area contributed by atoms with Crippen LogP contribution in [0.5, 0.6) is 0 Å². The zero-order valence-electron chi connectivity index (χ0n) is 10.1. The number of hydrogen-bond acceptors (Lipinski definition) is 3. The van der Waals surface area contributed by atoms with Gasteiger partial charge in [-0.05, 0) is 47.0 Å². The highest BCUT2D eigenvalue weighted by atomic mass is 79.9. The van der Waals surface area contributed by atoms with Crippen LogP contribution < -0.4 is 5.32 Å². The van der Waals surface area contributed by atoms with Gasteiger partial charge in [-0.1, -0.05) is 6.07 Å². The van der Waals surface area contributed by atoms with Gasteiger partial charge in [0.05, 0.1) is 12.2 Å². The molecule has 4 heteroatoms. The molecule has 0 bridgehead atoms. The third kappa shape index (κ3) is 3.47. The van der Waals surface area contributed by atoms with Gasteiger partial charge in [0.15, 0.2) is 6.29 Å². The molecule has 0 unspecified atom stereocenters. The van der Waals surface area contributed by atoms with Gasteiger partial charge in [-0.15, -0.1) is 0 Å². The van der Waals surface area contributed by atoms with Crippen molar-refractivity contribution in [3.05, 3.63) is 27.7 Å². The highest BCUT2D eigenvalue weighted by molar-refractivity contribution is 9.10. The van der Waals surface area contributed by atoms with Crippen LogP contribution in [-0.4, -0.2) is 27.1 Å². The molecule has 0 saturated carbocycles. The second-order valence-corrected chi connectivity index (χ2v) is 4.57. The van der Waals surface area contributed by atoms with Gasteiger partial charge in [-0.3, -0.25) is 0 Å². The van der Waals surface area contributed by atoms with Crippen LogP contribution in [-0.2, 0) is 9.47 Å². The Hall–Kier alpha value is -0.580. The first-order valence-electron chi connectivity index (χ1n) is 5.14. The molecule has 90 valence electrons. The van der Waals surface area contributed by atoms with E-state index in [0.717, 1.165) is 10.2 Å². The van der Waals surface area contributed by atoms with Crippen molar-refractivity contribution >= 4 is 21.6 Å². The lowest BCUT2D eigenvalue weighted by atomic mass is 10.1. The number of ether oxygens (including phenoxy) is 2. The molecule has 1 rings (SSSR count). The molecule has 3 nitrogen and oxygen atoms in total. The van der Waals surface area contributed by atoms with Gasteiger partial charge < -0.3 is 14.8 Å². The second kappa shape index (κ2) is 6.23. The Balaban J connectivity index is 2.74. The van der Waals surface area contributed by atoms with Gasteiger partial charge in [0.1, 0.15) is 0 Å². The lowest BCUT2D eigenvalue weighted by molar-refractivity contribution is -0.0914. The standard InChI is InChI=1S/C12H18BrNO2/c1-8-5-9(2)12(10(13)6-8)14-7-11(15-3)16-4/h5-6,11,14H,7H2,1-4H3. The van der Waals surface area contributed by atoms with Gasteiger partial charge in [0.25, 0.3) is 0 Å². The van der Waals surface area contributed by atoms with E-state index in [1.54, 1.807) is 14.2 Å². The maximum Gasteiger partial charge on any atom is 0.173 e. The van der Waals surface area contributed by atoms with Gasteiger partial charge >= 0.3 is 0 Å². The Morgan fingerprint density at radius 1 is 1.25 bits per heavy atom. The van der Waals surface area contributed by atoms with Crippen LogP contribution in [0.15, 0.2) is 16.6 Å². The van der Waals surface area contributed by atoms with Crippen LogP contribution in [0.1, 0.15) is 11.1 Å². The van der Waals surface area contributed by atoms with E-state index in [9.17, 15) is 0 Å². The number of halogens is 1. The minimum absolute atomic E-state index is 0.229. The topological polar surface area (TPSA) is 30.5 Å². The Kier molecular flexibility index (Phi) is 5.25. The number of hydrogen-bond donors (Lipinski definition) is 1. The average Bonchev–Trinajstić information content (AvgIpc) is 2.22. The number of nitrogens with one attached hydrogen (secondary N) is 1. The first-order valence-corrected chi connectivity index (χ1v) is 5.94. The highest BCUT2D eigenvalue weighted by Gasteiger charge is 2.08. The predicted molar refractivity (Wildman–Crippen MR) is 69.9 cm³/mol. The van der Waals surface area contributed by atoms with Crippen molar-refractivity contribution in [2.24, 2.45) is 0 Å². The highest BCUT2D eigenvalue weighted by Crippen LogP contribution is 2.27. The third-order valence-corrected chi connectivity index (χ3v) is 3.03. The van der Waals surface area contributed by atoms with E-state index >= 15 is 0 Å². The van der Waals surface area contributed by atoms with Crippen LogP contribution >= 0.6 is 15.9 Å². The monoisotopic (exact) mass is 287 g/mol. The molecule has 0 fully saturated rings. The maximum atomic E-state index is 5.12. The Morgan fingerprint density at radius 2 is 1.88 bits per heavy atom. The van der Waals surface area contributed by atoms with E-state index in [2.05, 4.69) is 47.2 Å². The van der Waals surface area contributed by atoms with E-state index in [0.29, 0.717) is 6.54 Å². The van der Waals surface area contributed by atoms with Crippen molar-refractivity contribution in [1.82, 2.24) is 0 Å². The summed E-state index contributed by atoms with van der Waals surface area (Å²) in [6.07, 6.45) is -0.229. The summed E-state index contributed by atoms with van der Waals surface area (Å²) in [5, 5.41) is 3.31. The molecule has 0 aliphatic carbocycles. The van der Waals surface area contributed by atoms with Crippen molar-refractivity contribution in [1.29, 1.82) is 0 Å². The molecule has 0 aliphatic heterocycles.